The van der Waals surface area contributed by atoms with E-state index in [-0.39, 0.29) is 25.5 Å². The molecule has 9 heteroatoms. The molecule has 1 fully saturated rings. The van der Waals surface area contributed by atoms with E-state index in [2.05, 4.69) is 0 Å². The Hall–Kier alpha value is -1.76. The molecular formula is C13H14F2N2O4S. The second-order valence-corrected chi connectivity index (χ2v) is 6.40. The van der Waals surface area contributed by atoms with Crippen LogP contribution in [0.1, 0.15) is 12.0 Å². The van der Waals surface area contributed by atoms with Gasteiger partial charge >= 0.3 is 0 Å². The van der Waals surface area contributed by atoms with Gasteiger partial charge in [-0.15, -0.1) is 0 Å². The average molecular weight is 332 g/mol. The number of hydrogen-bond acceptors (Lipinski definition) is 5. The monoisotopic (exact) mass is 332 g/mol. The first kappa shape index (κ1) is 16.6. The third kappa shape index (κ3) is 3.04. The van der Waals surface area contributed by atoms with Crippen LogP contribution in [0.15, 0.2) is 23.1 Å². The number of morpholine rings is 1. The van der Waals surface area contributed by atoms with Crippen molar-refractivity contribution in [3.63, 3.8) is 0 Å². The number of halogens is 2. The average Bonchev–Trinajstić information content (AvgIpc) is 2.54. The molecule has 1 heterocycles. The molecule has 1 aromatic rings. The van der Waals surface area contributed by atoms with Gasteiger partial charge in [0.25, 0.3) is 6.43 Å². The van der Waals surface area contributed by atoms with Gasteiger partial charge in [-0.25, -0.2) is 17.2 Å². The maximum atomic E-state index is 13.2. The minimum atomic E-state index is -4.23. The van der Waals surface area contributed by atoms with Crippen molar-refractivity contribution < 1.29 is 26.7 Å². The lowest BCUT2D eigenvalue weighted by atomic mass is 10.2. The summed E-state index contributed by atoms with van der Waals surface area (Å²) in [7, 11) is -2.93. The summed E-state index contributed by atoms with van der Waals surface area (Å²) >= 11 is 0. The molecule has 0 spiro atoms. The van der Waals surface area contributed by atoms with Crippen molar-refractivity contribution in [2.45, 2.75) is 17.4 Å². The molecule has 0 saturated carbocycles. The maximum absolute atomic E-state index is 13.2. The number of nitrogens with zero attached hydrogens (tertiary/aromatic N) is 2. The molecule has 1 aliphatic rings. The molecule has 0 bridgehead atoms. The van der Waals surface area contributed by atoms with E-state index in [4.69, 9.17) is 14.7 Å². The minimum Gasteiger partial charge on any atom is -0.497 e. The predicted octanol–water partition coefficient (Wildman–Crippen LogP) is 1.55. The summed E-state index contributed by atoms with van der Waals surface area (Å²) in [5.74, 6) is 0.132. The number of nitriles is 1. The molecule has 120 valence electrons. The first-order chi connectivity index (χ1) is 10.4. The van der Waals surface area contributed by atoms with Crippen LogP contribution in [0.3, 0.4) is 0 Å². The molecule has 0 aromatic heterocycles. The van der Waals surface area contributed by atoms with E-state index < -0.39 is 32.9 Å². The van der Waals surface area contributed by atoms with Gasteiger partial charge in [-0.1, -0.05) is 0 Å². The Kier molecular flexibility index (Phi) is 4.95. The first-order valence-electron chi connectivity index (χ1n) is 6.37. The molecular weight excluding hydrogens is 318 g/mol. The molecule has 0 aliphatic carbocycles. The lowest BCUT2D eigenvalue weighted by Crippen LogP contribution is -2.48. The molecule has 0 amide bonds. The number of ether oxygens (including phenoxy) is 2. The Morgan fingerprint density at radius 3 is 2.82 bits per heavy atom. The Balaban J connectivity index is 2.51. The van der Waals surface area contributed by atoms with E-state index in [9.17, 15) is 17.2 Å². The second-order valence-electron chi connectivity index (χ2n) is 4.54. The van der Waals surface area contributed by atoms with Gasteiger partial charge in [0.05, 0.1) is 31.3 Å². The Bertz CT molecular complexity index is 688. The van der Waals surface area contributed by atoms with E-state index in [1.54, 1.807) is 0 Å². The van der Waals surface area contributed by atoms with E-state index in [0.29, 0.717) is 0 Å². The fraction of sp³-hybridized carbons (Fsp3) is 0.462. The van der Waals surface area contributed by atoms with Crippen LogP contribution < -0.4 is 4.74 Å². The number of sulfonamides is 1. The van der Waals surface area contributed by atoms with Gasteiger partial charge in [-0.3, -0.25) is 0 Å². The quantitative estimate of drug-likeness (QED) is 0.836. The Morgan fingerprint density at radius 1 is 1.50 bits per heavy atom. The van der Waals surface area contributed by atoms with Gasteiger partial charge in [-0.05, 0) is 18.2 Å². The van der Waals surface area contributed by atoms with Crippen molar-refractivity contribution in [3.05, 3.63) is 23.8 Å². The summed E-state index contributed by atoms with van der Waals surface area (Å²) in [6, 6.07) is 4.12. The fourth-order valence-corrected chi connectivity index (χ4v) is 3.86. The maximum Gasteiger partial charge on any atom is 0.265 e. The van der Waals surface area contributed by atoms with Crippen molar-refractivity contribution in [3.8, 4) is 11.8 Å². The molecule has 2 rings (SSSR count). The zero-order chi connectivity index (χ0) is 16.3. The third-order valence-corrected chi connectivity index (χ3v) is 5.25. The summed E-state index contributed by atoms with van der Waals surface area (Å²) in [4.78, 5) is -0.523. The van der Waals surface area contributed by atoms with Crippen LogP contribution in [0.4, 0.5) is 8.78 Å². The molecule has 1 atom stereocenters. The highest BCUT2D eigenvalue weighted by molar-refractivity contribution is 7.89. The van der Waals surface area contributed by atoms with E-state index in [1.807, 2.05) is 6.07 Å². The van der Waals surface area contributed by atoms with Crippen molar-refractivity contribution in [2.24, 2.45) is 0 Å². The van der Waals surface area contributed by atoms with Crippen LogP contribution in [-0.2, 0) is 14.8 Å². The highest BCUT2D eigenvalue weighted by Crippen LogP contribution is 2.32. The SMILES string of the molecule is COc1ccc(S(=O)(=O)N2CCOCC2C#N)c(C(F)F)c1. The van der Waals surface area contributed by atoms with Crippen LogP contribution in [0.25, 0.3) is 0 Å². The van der Waals surface area contributed by atoms with Gasteiger partial charge in [-0.2, -0.15) is 9.57 Å². The lowest BCUT2D eigenvalue weighted by Gasteiger charge is -2.30. The first-order valence-corrected chi connectivity index (χ1v) is 7.81. The molecule has 1 unspecified atom stereocenters. The standard InChI is InChI=1S/C13H14F2N2O4S/c1-20-10-2-3-12(11(6-10)13(14)15)22(18,19)17-4-5-21-8-9(17)7-16/h2-3,6,9,13H,4-5,8H2,1H3. The summed E-state index contributed by atoms with van der Waals surface area (Å²) in [5, 5.41) is 9.03. The van der Waals surface area contributed by atoms with Crippen molar-refractivity contribution >= 4 is 10.0 Å². The van der Waals surface area contributed by atoms with E-state index in [0.717, 1.165) is 16.4 Å². The van der Waals surface area contributed by atoms with Gasteiger partial charge in [0, 0.05) is 12.1 Å². The van der Waals surface area contributed by atoms with Crippen LogP contribution >= 0.6 is 0 Å². The highest BCUT2D eigenvalue weighted by Gasteiger charge is 2.36. The molecule has 0 N–H and O–H groups in total. The van der Waals surface area contributed by atoms with Crippen molar-refractivity contribution in [2.75, 3.05) is 26.9 Å². The number of alkyl halides is 2. The number of rotatable bonds is 4. The van der Waals surface area contributed by atoms with Gasteiger partial charge in [0.15, 0.2) is 0 Å². The molecule has 0 radical (unpaired) electrons. The Labute approximate surface area is 126 Å². The zero-order valence-corrected chi connectivity index (χ0v) is 12.5. The van der Waals surface area contributed by atoms with Gasteiger partial charge in [0.1, 0.15) is 11.8 Å². The van der Waals surface area contributed by atoms with Crippen LogP contribution in [0.5, 0.6) is 5.75 Å². The molecule has 6 nitrogen and oxygen atoms in total. The summed E-state index contributed by atoms with van der Waals surface area (Å²) in [6.07, 6.45) is -2.98. The van der Waals surface area contributed by atoms with Crippen LogP contribution in [0, 0.1) is 11.3 Å². The molecule has 22 heavy (non-hydrogen) atoms. The van der Waals surface area contributed by atoms with Gasteiger partial charge < -0.3 is 9.47 Å². The number of methoxy groups -OCH3 is 1. The van der Waals surface area contributed by atoms with Gasteiger partial charge in [0.2, 0.25) is 10.0 Å². The smallest absolute Gasteiger partial charge is 0.265 e. The molecule has 1 aromatic carbocycles. The summed E-state index contributed by atoms with van der Waals surface area (Å²) in [6.45, 7) is -0.0389. The summed E-state index contributed by atoms with van der Waals surface area (Å²) < 4.78 is 62.4. The molecule has 1 aliphatic heterocycles. The lowest BCUT2D eigenvalue weighted by molar-refractivity contribution is 0.0510. The van der Waals surface area contributed by atoms with E-state index in [1.165, 1.54) is 13.2 Å². The third-order valence-electron chi connectivity index (χ3n) is 3.27. The Morgan fingerprint density at radius 2 is 2.23 bits per heavy atom. The molecule has 1 saturated heterocycles. The number of hydrogen-bond donors (Lipinski definition) is 0. The highest BCUT2D eigenvalue weighted by atomic mass is 32.2. The summed E-state index contributed by atoms with van der Waals surface area (Å²) in [5.41, 5.74) is -0.650. The van der Waals surface area contributed by atoms with Crippen molar-refractivity contribution in [1.29, 1.82) is 5.26 Å². The zero-order valence-electron chi connectivity index (χ0n) is 11.7. The fourth-order valence-electron chi connectivity index (χ4n) is 2.16. The second kappa shape index (κ2) is 6.56. The normalized spacial score (nSPS) is 19.9. The van der Waals surface area contributed by atoms with Crippen LogP contribution in [0.2, 0.25) is 0 Å². The van der Waals surface area contributed by atoms with Crippen LogP contribution in [-0.4, -0.2) is 45.6 Å². The topological polar surface area (TPSA) is 79.6 Å². The predicted molar refractivity (Wildman–Crippen MR) is 72.1 cm³/mol. The van der Waals surface area contributed by atoms with Crippen molar-refractivity contribution in [1.82, 2.24) is 4.31 Å². The number of benzene rings is 1. The largest absolute Gasteiger partial charge is 0.497 e. The van der Waals surface area contributed by atoms with E-state index >= 15 is 0 Å². The minimum absolute atomic E-state index is 0.0603.